The Hall–Kier alpha value is -7.08. The van der Waals surface area contributed by atoms with Crippen LogP contribution in [-0.4, -0.2) is 32.3 Å². The molecule has 0 radical (unpaired) electrons. The molecular weight excluding hydrogens is 881 g/mol. The van der Waals surface area contributed by atoms with Gasteiger partial charge in [0.05, 0.1) is 7.11 Å². The topological polar surface area (TPSA) is 98.8 Å². The third-order valence-corrected chi connectivity index (χ3v) is 13.8. The fourth-order valence-corrected chi connectivity index (χ4v) is 10.5. The lowest BCUT2D eigenvalue weighted by molar-refractivity contribution is -0.137. The van der Waals surface area contributed by atoms with Gasteiger partial charge in [0.15, 0.2) is 13.2 Å². The highest BCUT2D eigenvalue weighted by molar-refractivity contribution is 7.98. The zero-order valence-electron chi connectivity index (χ0n) is 37.0. The quantitative estimate of drug-likeness (QED) is 0.116. The van der Waals surface area contributed by atoms with E-state index >= 15 is 0 Å². The van der Waals surface area contributed by atoms with Crippen molar-refractivity contribution in [3.8, 4) is 51.4 Å². The van der Waals surface area contributed by atoms with Crippen LogP contribution in [-0.2, 0) is 45.8 Å². The van der Waals surface area contributed by atoms with Gasteiger partial charge in [0.1, 0.15) is 53.5 Å². The molecule has 7 heterocycles. The number of ether oxygens (including phenoxy) is 7. The zero-order chi connectivity index (χ0) is 45.7. The van der Waals surface area contributed by atoms with E-state index in [1.165, 1.54) is 0 Å². The summed E-state index contributed by atoms with van der Waals surface area (Å²) in [5.41, 5.74) is 8.05. The number of esters is 2. The van der Waals surface area contributed by atoms with E-state index in [1.807, 2.05) is 97.1 Å². The molecule has 0 atom stereocenters. The molecule has 0 aromatic heterocycles. The van der Waals surface area contributed by atoms with Crippen LogP contribution in [0.4, 0.5) is 0 Å². The monoisotopic (exact) mass is 926 g/mol. The molecule has 336 valence electrons. The van der Waals surface area contributed by atoms with Crippen molar-refractivity contribution in [3.05, 3.63) is 185 Å². The number of fused-ring (bicyclic) bond motifs is 8. The molecule has 0 fully saturated rings. The summed E-state index contributed by atoms with van der Waals surface area (Å²) in [7, 11) is 1.68. The minimum absolute atomic E-state index is 0.320. The van der Waals surface area contributed by atoms with E-state index in [-0.39, 0.29) is 13.2 Å². The van der Waals surface area contributed by atoms with Crippen LogP contribution in [0.15, 0.2) is 146 Å². The number of carbonyl (C=O) groups is 2. The summed E-state index contributed by atoms with van der Waals surface area (Å²) >= 11 is 3.38. The standard InChI is InChI=1S/C56H46O9S2/c1-35-23-40-27-60-44-17-11-36(12-18-44)31-66-33-42-26-51-43(34-67-32-37-13-19-45(20-14-37)61-28-41(24-35)56(40)59-2)25-50(42)62-29-52(57)64-48-21-15-38-7-3-5-9-46(38)54(48)55-47-10-6-4-8-39(47)16-22-49(55)65-53(58)30-63-51/h3-26H,27-34H2,1-2H3. The Morgan fingerprint density at radius 3 is 1.34 bits per heavy atom. The minimum atomic E-state index is -0.580. The van der Waals surface area contributed by atoms with Gasteiger partial charge < -0.3 is 33.2 Å². The van der Waals surface area contributed by atoms with Crippen LogP contribution in [0, 0.1) is 6.92 Å². The Labute approximate surface area is 397 Å². The Kier molecular flexibility index (Phi) is 12.9. The van der Waals surface area contributed by atoms with Crippen LogP contribution in [0.3, 0.4) is 0 Å². The number of rotatable bonds is 1. The molecule has 0 saturated carbocycles. The smallest absolute Gasteiger partial charge is 0.349 e. The maximum atomic E-state index is 14.0. The van der Waals surface area contributed by atoms with Gasteiger partial charge in [-0.2, -0.15) is 23.5 Å². The van der Waals surface area contributed by atoms with Crippen LogP contribution in [0.5, 0.6) is 40.2 Å². The first-order chi connectivity index (χ1) is 32.8. The number of methoxy groups -OCH3 is 1. The lowest BCUT2D eigenvalue weighted by Gasteiger charge is -2.20. The minimum Gasteiger partial charge on any atom is -0.496 e. The molecule has 67 heavy (non-hydrogen) atoms. The molecule has 10 bridgehead atoms. The van der Waals surface area contributed by atoms with Gasteiger partial charge in [0.25, 0.3) is 0 Å². The molecule has 0 amide bonds. The summed E-state index contributed by atoms with van der Waals surface area (Å²) in [6.07, 6.45) is 0. The van der Waals surface area contributed by atoms with E-state index < -0.39 is 11.9 Å². The molecule has 8 aromatic rings. The second kappa shape index (κ2) is 19.8. The molecule has 0 spiro atoms. The molecule has 0 N–H and O–H groups in total. The maximum Gasteiger partial charge on any atom is 0.349 e. The number of hydrogen-bond donors (Lipinski definition) is 0. The van der Waals surface area contributed by atoms with Gasteiger partial charge >= 0.3 is 11.9 Å². The number of benzene rings is 8. The van der Waals surface area contributed by atoms with Crippen molar-refractivity contribution in [2.75, 3.05) is 20.3 Å². The van der Waals surface area contributed by atoms with Crippen molar-refractivity contribution in [3.63, 3.8) is 0 Å². The first kappa shape index (κ1) is 43.8. The average molecular weight is 927 g/mol. The summed E-state index contributed by atoms with van der Waals surface area (Å²) in [6, 6.07) is 47.3. The second-order valence-electron chi connectivity index (χ2n) is 16.4. The van der Waals surface area contributed by atoms with Gasteiger partial charge in [-0.25, -0.2) is 9.59 Å². The molecule has 0 unspecified atom stereocenters. The molecule has 11 heteroatoms. The van der Waals surface area contributed by atoms with Gasteiger partial charge in [-0.3, -0.25) is 0 Å². The second-order valence-corrected chi connectivity index (χ2v) is 18.4. The van der Waals surface area contributed by atoms with E-state index in [0.717, 1.165) is 77.7 Å². The van der Waals surface area contributed by atoms with Crippen LogP contribution in [0.1, 0.15) is 38.9 Å². The Balaban J connectivity index is 0.993. The van der Waals surface area contributed by atoms with Gasteiger partial charge in [-0.15, -0.1) is 0 Å². The highest BCUT2D eigenvalue weighted by Gasteiger charge is 2.24. The third kappa shape index (κ3) is 9.89. The molecular formula is C56H46O9S2. The van der Waals surface area contributed by atoms with E-state index in [4.69, 9.17) is 33.2 Å². The SMILES string of the molecule is COc1c2cc(C)cc1COc1ccc(cc1)CSCc1cc3c(cc1OCC(=O)Oc1ccc4ccccc4c1-c1c(ccc4ccccc14)OC(=O)CO3)CSCc1ccc(cc1)OC2. The highest BCUT2D eigenvalue weighted by Crippen LogP contribution is 2.46. The summed E-state index contributed by atoms with van der Waals surface area (Å²) < 4.78 is 43.7. The van der Waals surface area contributed by atoms with Gasteiger partial charge in [-0.05, 0) is 100 Å². The van der Waals surface area contributed by atoms with Crippen molar-refractivity contribution in [2.24, 2.45) is 0 Å². The summed E-state index contributed by atoms with van der Waals surface area (Å²) in [5, 5.41) is 3.53. The molecule has 7 aliphatic heterocycles. The fourth-order valence-electron chi connectivity index (χ4n) is 8.55. The first-order valence-electron chi connectivity index (χ1n) is 22.0. The Bertz CT molecular complexity index is 2920. The average Bonchev–Trinajstić information content (AvgIpc) is 3.34. The molecule has 15 rings (SSSR count). The normalized spacial score (nSPS) is 14.6. The fraction of sp³-hybridized carbons (Fsp3) is 0.179. The number of carbonyl (C=O) groups excluding carboxylic acids is 2. The van der Waals surface area contributed by atoms with E-state index in [0.29, 0.717) is 70.4 Å². The predicted molar refractivity (Wildman–Crippen MR) is 265 cm³/mol. The van der Waals surface area contributed by atoms with Gasteiger partial charge in [-0.1, -0.05) is 90.5 Å². The van der Waals surface area contributed by atoms with Crippen molar-refractivity contribution >= 4 is 57.0 Å². The van der Waals surface area contributed by atoms with Crippen LogP contribution >= 0.6 is 23.5 Å². The molecule has 8 aromatic carbocycles. The van der Waals surface area contributed by atoms with Crippen molar-refractivity contribution in [1.82, 2.24) is 0 Å². The number of hydrogen-bond acceptors (Lipinski definition) is 11. The largest absolute Gasteiger partial charge is 0.496 e. The van der Waals surface area contributed by atoms with Crippen molar-refractivity contribution in [2.45, 2.75) is 43.1 Å². The van der Waals surface area contributed by atoms with Crippen molar-refractivity contribution < 1.29 is 42.7 Å². The molecule has 9 nitrogen and oxygen atoms in total. The first-order valence-corrected chi connectivity index (χ1v) is 24.3. The maximum absolute atomic E-state index is 14.0. The molecule has 0 saturated heterocycles. The Morgan fingerprint density at radius 2 is 0.896 bits per heavy atom. The predicted octanol–water partition coefficient (Wildman–Crippen LogP) is 12.6. The van der Waals surface area contributed by atoms with Crippen molar-refractivity contribution in [1.29, 1.82) is 0 Å². The lowest BCUT2D eigenvalue weighted by atomic mass is 9.92. The van der Waals surface area contributed by atoms with Crippen LogP contribution in [0.2, 0.25) is 0 Å². The lowest BCUT2D eigenvalue weighted by Crippen LogP contribution is -2.20. The van der Waals surface area contributed by atoms with Crippen LogP contribution in [0.25, 0.3) is 32.7 Å². The van der Waals surface area contributed by atoms with Gasteiger partial charge in [0, 0.05) is 56.4 Å². The summed E-state index contributed by atoms with van der Waals surface area (Å²) in [6.45, 7) is 2.03. The molecule has 0 aliphatic carbocycles. The Morgan fingerprint density at radius 1 is 0.448 bits per heavy atom. The van der Waals surface area contributed by atoms with E-state index in [9.17, 15) is 9.59 Å². The van der Waals surface area contributed by atoms with E-state index in [2.05, 4.69) is 43.3 Å². The molecule has 7 aliphatic rings. The van der Waals surface area contributed by atoms with Gasteiger partial charge in [0.2, 0.25) is 0 Å². The van der Waals surface area contributed by atoms with E-state index in [1.54, 1.807) is 42.8 Å². The highest BCUT2D eigenvalue weighted by atomic mass is 32.2. The number of aryl methyl sites for hydroxylation is 1. The summed E-state index contributed by atoms with van der Waals surface area (Å²) in [4.78, 5) is 28.0. The van der Waals surface area contributed by atoms with Crippen LogP contribution < -0.4 is 33.2 Å². The zero-order valence-corrected chi connectivity index (χ0v) is 38.6. The third-order valence-electron chi connectivity index (χ3n) is 11.7. The number of thioether (sulfide) groups is 2. The summed E-state index contributed by atoms with van der Waals surface area (Å²) in [5.74, 6) is 5.20.